The molecule has 4 rings (SSSR count). The van der Waals surface area contributed by atoms with Gasteiger partial charge in [-0.05, 0) is 18.6 Å². The third-order valence-corrected chi connectivity index (χ3v) is 7.70. The van der Waals surface area contributed by atoms with Gasteiger partial charge >= 0.3 is 0 Å². The van der Waals surface area contributed by atoms with Crippen LogP contribution in [0.3, 0.4) is 0 Å². The molecule has 2 aliphatic rings. The fourth-order valence-electron chi connectivity index (χ4n) is 3.93. The molecular weight excluding hydrogens is 442 g/mol. The predicted molar refractivity (Wildman–Crippen MR) is 119 cm³/mol. The number of benzene rings is 1. The van der Waals surface area contributed by atoms with Crippen molar-refractivity contribution in [1.29, 1.82) is 0 Å². The summed E-state index contributed by atoms with van der Waals surface area (Å²) in [6, 6.07) is 8.79. The molecule has 1 aromatic carbocycles. The van der Waals surface area contributed by atoms with E-state index in [9.17, 15) is 18.0 Å². The van der Waals surface area contributed by atoms with Gasteiger partial charge in [0.2, 0.25) is 5.91 Å². The second kappa shape index (κ2) is 8.97. The van der Waals surface area contributed by atoms with Crippen LogP contribution < -0.4 is 15.8 Å². The molecule has 1 N–H and O–H groups in total. The number of hydrogen-bond donors (Lipinski definition) is 1. The lowest BCUT2D eigenvalue weighted by molar-refractivity contribution is -0.122. The lowest BCUT2D eigenvalue weighted by Gasteiger charge is -2.35. The van der Waals surface area contributed by atoms with Gasteiger partial charge in [0.25, 0.3) is 5.56 Å². The third-order valence-electron chi connectivity index (χ3n) is 5.58. The van der Waals surface area contributed by atoms with E-state index in [1.54, 1.807) is 18.3 Å². The summed E-state index contributed by atoms with van der Waals surface area (Å²) in [4.78, 5) is 28.9. The number of piperazine rings is 1. The molecule has 0 saturated carbocycles. The average Bonchev–Trinajstić information content (AvgIpc) is 3.09. The second-order valence-corrected chi connectivity index (χ2v) is 10.4. The maximum atomic E-state index is 12.7. The molecule has 0 aliphatic carbocycles. The molecular formula is C20H24ClN5O4S. The topological polar surface area (TPSA) is 105 Å². The summed E-state index contributed by atoms with van der Waals surface area (Å²) in [5.74, 6) is -0.0122. The molecule has 2 aromatic rings. The maximum absolute atomic E-state index is 12.7. The highest BCUT2D eigenvalue weighted by Gasteiger charge is 2.29. The van der Waals surface area contributed by atoms with Crippen LogP contribution in [0.4, 0.5) is 5.69 Å². The number of carbonyl (C=O) groups is 1. The molecule has 1 amide bonds. The fraction of sp³-hybridized carbons (Fsp3) is 0.450. The Hall–Kier alpha value is -2.43. The zero-order chi connectivity index (χ0) is 22.0. The van der Waals surface area contributed by atoms with E-state index in [2.05, 4.69) is 10.4 Å². The zero-order valence-electron chi connectivity index (χ0n) is 16.9. The molecule has 11 heteroatoms. The summed E-state index contributed by atoms with van der Waals surface area (Å²) in [6.45, 7) is 2.65. The molecule has 0 radical (unpaired) electrons. The standard InChI is InChI=1S/C20H24ClN5O4S/c21-19-17(12-22-26(20(19)28)16-4-2-1-3-5-16)25-9-7-24(8-10-25)13-18(27)23-15-6-11-31(29,30)14-15/h1-5,12,15H,6-11,13-14H2,(H,23,27)/t15-/m1/s1. The Bertz CT molecular complexity index is 1110. The number of halogens is 1. The van der Waals surface area contributed by atoms with Gasteiger partial charge in [0.1, 0.15) is 5.02 Å². The summed E-state index contributed by atoms with van der Waals surface area (Å²) in [6.07, 6.45) is 2.07. The number of sulfone groups is 1. The first-order chi connectivity index (χ1) is 14.8. The van der Waals surface area contributed by atoms with Gasteiger partial charge in [-0.15, -0.1) is 0 Å². The van der Waals surface area contributed by atoms with Crippen molar-refractivity contribution in [2.24, 2.45) is 0 Å². The summed E-state index contributed by atoms with van der Waals surface area (Å²) in [5, 5.41) is 7.20. The minimum atomic E-state index is -3.02. The molecule has 9 nitrogen and oxygen atoms in total. The van der Waals surface area contributed by atoms with E-state index in [4.69, 9.17) is 11.6 Å². The van der Waals surface area contributed by atoms with E-state index >= 15 is 0 Å². The summed E-state index contributed by atoms with van der Waals surface area (Å²) < 4.78 is 24.3. The number of amides is 1. The smallest absolute Gasteiger partial charge is 0.292 e. The Kier molecular flexibility index (Phi) is 6.31. The molecule has 31 heavy (non-hydrogen) atoms. The highest BCUT2D eigenvalue weighted by molar-refractivity contribution is 7.91. The van der Waals surface area contributed by atoms with Crippen LogP contribution in [0, 0.1) is 0 Å². The minimum Gasteiger partial charge on any atom is -0.366 e. The van der Waals surface area contributed by atoms with Crippen LogP contribution in [0.2, 0.25) is 5.02 Å². The molecule has 1 aromatic heterocycles. The Morgan fingerprint density at radius 2 is 1.87 bits per heavy atom. The third kappa shape index (κ3) is 5.08. The Labute approximate surface area is 185 Å². The zero-order valence-corrected chi connectivity index (χ0v) is 18.5. The Balaban J connectivity index is 1.34. The number of aromatic nitrogens is 2. The maximum Gasteiger partial charge on any atom is 0.292 e. The Morgan fingerprint density at radius 1 is 1.16 bits per heavy atom. The molecule has 1 atom stereocenters. The van der Waals surface area contributed by atoms with Gasteiger partial charge in [0.15, 0.2) is 9.84 Å². The number of hydrogen-bond acceptors (Lipinski definition) is 7. The molecule has 2 aliphatic heterocycles. The van der Waals surface area contributed by atoms with Gasteiger partial charge in [0.05, 0.1) is 35.6 Å². The molecule has 0 unspecified atom stereocenters. The van der Waals surface area contributed by atoms with Gasteiger partial charge in [-0.1, -0.05) is 29.8 Å². The predicted octanol–water partition coefficient (Wildman–Crippen LogP) is 0.311. The van der Waals surface area contributed by atoms with Crippen LogP contribution in [0.5, 0.6) is 0 Å². The summed E-state index contributed by atoms with van der Waals surface area (Å²) >= 11 is 6.38. The van der Waals surface area contributed by atoms with Crippen molar-refractivity contribution in [2.75, 3.05) is 49.1 Å². The highest BCUT2D eigenvalue weighted by atomic mass is 35.5. The highest BCUT2D eigenvalue weighted by Crippen LogP contribution is 2.23. The largest absolute Gasteiger partial charge is 0.366 e. The van der Waals surface area contributed by atoms with Gasteiger partial charge in [0, 0.05) is 32.2 Å². The van der Waals surface area contributed by atoms with Crippen molar-refractivity contribution in [3.63, 3.8) is 0 Å². The van der Waals surface area contributed by atoms with E-state index in [1.165, 1.54) is 4.68 Å². The monoisotopic (exact) mass is 465 g/mol. The summed E-state index contributed by atoms with van der Waals surface area (Å²) in [5.41, 5.74) is 0.852. The van der Waals surface area contributed by atoms with Crippen LogP contribution in [-0.4, -0.2) is 79.3 Å². The van der Waals surface area contributed by atoms with Crippen LogP contribution in [0.1, 0.15) is 6.42 Å². The molecule has 0 bridgehead atoms. The van der Waals surface area contributed by atoms with Crippen molar-refractivity contribution in [3.8, 4) is 5.69 Å². The van der Waals surface area contributed by atoms with Crippen molar-refractivity contribution in [2.45, 2.75) is 12.5 Å². The first-order valence-electron chi connectivity index (χ1n) is 10.1. The van der Waals surface area contributed by atoms with E-state index in [0.29, 0.717) is 44.0 Å². The fourth-order valence-corrected chi connectivity index (χ4v) is 5.85. The molecule has 2 saturated heterocycles. The van der Waals surface area contributed by atoms with Crippen molar-refractivity contribution >= 4 is 33.0 Å². The average molecular weight is 466 g/mol. The van der Waals surface area contributed by atoms with Crippen molar-refractivity contribution < 1.29 is 13.2 Å². The molecule has 0 spiro atoms. The molecule has 2 fully saturated rings. The van der Waals surface area contributed by atoms with Gasteiger partial charge in [-0.3, -0.25) is 14.5 Å². The van der Waals surface area contributed by atoms with Crippen molar-refractivity contribution in [1.82, 2.24) is 20.0 Å². The lowest BCUT2D eigenvalue weighted by atomic mass is 10.2. The molecule has 3 heterocycles. The minimum absolute atomic E-state index is 0.0204. The number of anilines is 1. The first kappa shape index (κ1) is 21.8. The quantitative estimate of drug-likeness (QED) is 0.677. The second-order valence-electron chi connectivity index (χ2n) is 7.83. The van der Waals surface area contributed by atoms with Gasteiger partial charge < -0.3 is 10.2 Å². The summed E-state index contributed by atoms with van der Waals surface area (Å²) in [7, 11) is -3.02. The van der Waals surface area contributed by atoms with Crippen LogP contribution in [0.25, 0.3) is 5.69 Å². The Morgan fingerprint density at radius 3 is 2.52 bits per heavy atom. The van der Waals surface area contributed by atoms with Gasteiger partial charge in [-0.2, -0.15) is 9.78 Å². The van der Waals surface area contributed by atoms with Crippen LogP contribution in [-0.2, 0) is 14.6 Å². The number of carbonyl (C=O) groups excluding carboxylic acids is 1. The van der Waals surface area contributed by atoms with E-state index in [0.717, 1.165) is 0 Å². The van der Waals surface area contributed by atoms with Gasteiger partial charge in [-0.25, -0.2) is 8.42 Å². The number of nitrogens with zero attached hydrogens (tertiary/aromatic N) is 4. The van der Waals surface area contributed by atoms with E-state index in [1.807, 2.05) is 28.0 Å². The van der Waals surface area contributed by atoms with Crippen LogP contribution >= 0.6 is 11.6 Å². The lowest BCUT2D eigenvalue weighted by Crippen LogP contribution is -2.51. The van der Waals surface area contributed by atoms with Crippen molar-refractivity contribution in [3.05, 3.63) is 51.9 Å². The number of nitrogens with one attached hydrogen (secondary N) is 1. The normalized spacial score (nSPS) is 21.2. The molecule has 166 valence electrons. The number of para-hydroxylation sites is 1. The SMILES string of the molecule is O=C(CN1CCN(c2cnn(-c3ccccc3)c(=O)c2Cl)CC1)N[C@@H]1CCS(=O)(=O)C1. The van der Waals surface area contributed by atoms with Crippen LogP contribution in [0.15, 0.2) is 41.3 Å². The first-order valence-corrected chi connectivity index (χ1v) is 12.3. The van der Waals surface area contributed by atoms with E-state index < -0.39 is 9.84 Å². The van der Waals surface area contributed by atoms with E-state index in [-0.39, 0.29) is 40.6 Å². The number of rotatable bonds is 5.